The number of barbiturate groups is 1. The van der Waals surface area contributed by atoms with Crippen LogP contribution in [0.15, 0.2) is 23.8 Å². The van der Waals surface area contributed by atoms with Gasteiger partial charge in [-0.15, -0.1) is 0 Å². The van der Waals surface area contributed by atoms with Crippen molar-refractivity contribution in [1.29, 1.82) is 0 Å². The van der Waals surface area contributed by atoms with E-state index in [2.05, 4.69) is 33.2 Å². The Morgan fingerprint density at radius 2 is 1.75 bits per heavy atom. The first-order valence-corrected chi connectivity index (χ1v) is 10.9. The number of hydrogen-bond acceptors (Lipinski definition) is 4. The molecule has 6 nitrogen and oxygen atoms in total. The third-order valence-electron chi connectivity index (χ3n) is 5.20. The number of urea groups is 1. The van der Waals surface area contributed by atoms with Crippen molar-refractivity contribution in [3.05, 3.63) is 32.9 Å². The Morgan fingerprint density at radius 3 is 2.46 bits per heavy atom. The first kappa shape index (κ1) is 20.8. The third kappa shape index (κ3) is 5.80. The molecule has 150 valence electrons. The lowest BCUT2D eigenvalue weighted by atomic mass is 9.86. The smallest absolute Gasteiger partial charge is 0.328 e. The van der Waals surface area contributed by atoms with Gasteiger partial charge in [0.25, 0.3) is 11.8 Å². The largest absolute Gasteiger partial charge is 0.493 e. The van der Waals surface area contributed by atoms with Crippen LogP contribution in [0.5, 0.6) is 5.75 Å². The molecule has 1 aliphatic carbocycles. The minimum atomic E-state index is -0.802. The van der Waals surface area contributed by atoms with E-state index in [0.29, 0.717) is 17.9 Å². The Hall–Kier alpha value is -1.90. The molecule has 0 bridgehead atoms. The summed E-state index contributed by atoms with van der Waals surface area (Å²) in [5, 5.41) is 4.17. The first-order chi connectivity index (χ1) is 13.5. The van der Waals surface area contributed by atoms with E-state index in [1.807, 2.05) is 18.2 Å². The van der Waals surface area contributed by atoms with Crippen LogP contribution in [0.1, 0.15) is 56.9 Å². The van der Waals surface area contributed by atoms with Crippen LogP contribution in [0.2, 0.25) is 0 Å². The second kappa shape index (κ2) is 10.0. The first-order valence-electron chi connectivity index (χ1n) is 9.83. The molecule has 0 unspecified atom stereocenters. The predicted molar refractivity (Wildman–Crippen MR) is 115 cm³/mol. The fourth-order valence-corrected chi connectivity index (χ4v) is 4.23. The Bertz CT molecular complexity index is 763. The van der Waals surface area contributed by atoms with Crippen molar-refractivity contribution in [1.82, 2.24) is 10.6 Å². The van der Waals surface area contributed by atoms with Crippen molar-refractivity contribution in [2.24, 2.45) is 5.92 Å². The molecule has 0 spiro atoms. The molecule has 4 amide bonds. The maximum Gasteiger partial charge on any atom is 0.328 e. The van der Waals surface area contributed by atoms with Crippen molar-refractivity contribution in [3.8, 4) is 5.75 Å². The fourth-order valence-electron chi connectivity index (χ4n) is 3.72. The van der Waals surface area contributed by atoms with Gasteiger partial charge in [-0.05, 0) is 65.6 Å². The normalized spacial score (nSPS) is 17.9. The van der Waals surface area contributed by atoms with Crippen molar-refractivity contribution in [3.63, 3.8) is 0 Å². The minimum Gasteiger partial charge on any atom is -0.493 e. The summed E-state index contributed by atoms with van der Waals surface area (Å²) < 4.78 is 6.90. The van der Waals surface area contributed by atoms with Crippen LogP contribution < -0.4 is 15.4 Å². The summed E-state index contributed by atoms with van der Waals surface area (Å²) >= 11 is 2.17. The maximum absolute atomic E-state index is 12.0. The van der Waals surface area contributed by atoms with Crippen LogP contribution in [-0.4, -0.2) is 24.5 Å². The van der Waals surface area contributed by atoms with E-state index in [9.17, 15) is 14.4 Å². The number of ether oxygens (including phenoxy) is 1. The number of nitrogens with one attached hydrogen (secondary N) is 2. The average molecular weight is 496 g/mol. The molecule has 1 aliphatic heterocycles. The van der Waals surface area contributed by atoms with Crippen molar-refractivity contribution < 1.29 is 19.1 Å². The second-order valence-electron chi connectivity index (χ2n) is 7.33. The molecule has 1 saturated heterocycles. The molecule has 2 aliphatic rings. The number of unbranched alkanes of at least 4 members (excludes halogenated alkanes) is 1. The molecule has 1 saturated carbocycles. The summed E-state index contributed by atoms with van der Waals surface area (Å²) in [6.07, 6.45) is 11.7. The standard InChI is InChI=1S/C21H25IN2O4/c22-16-9-10-18(28-11-5-4-8-14-6-2-1-3-7-14)15(12-16)13-17-19(25)23-21(27)24-20(17)26/h9-10,12-14H,1-8,11H2,(H2,23,24,25,26,27). The lowest BCUT2D eigenvalue weighted by Gasteiger charge is -2.21. The number of hydrogen-bond donors (Lipinski definition) is 2. The monoisotopic (exact) mass is 496 g/mol. The van der Waals surface area contributed by atoms with Crippen LogP contribution >= 0.6 is 22.6 Å². The third-order valence-corrected chi connectivity index (χ3v) is 5.88. The Kier molecular flexibility index (Phi) is 7.47. The van der Waals surface area contributed by atoms with E-state index in [1.165, 1.54) is 44.6 Å². The summed E-state index contributed by atoms with van der Waals surface area (Å²) in [5.74, 6) is 0.0959. The van der Waals surface area contributed by atoms with Gasteiger partial charge < -0.3 is 4.74 Å². The number of imide groups is 2. The lowest BCUT2D eigenvalue weighted by molar-refractivity contribution is -0.123. The van der Waals surface area contributed by atoms with Crippen LogP contribution in [0.25, 0.3) is 6.08 Å². The molecule has 28 heavy (non-hydrogen) atoms. The van der Waals surface area contributed by atoms with Gasteiger partial charge in [-0.3, -0.25) is 20.2 Å². The van der Waals surface area contributed by atoms with Crippen LogP contribution in [0.4, 0.5) is 4.79 Å². The van der Waals surface area contributed by atoms with Gasteiger partial charge in [-0.1, -0.05) is 38.5 Å². The number of benzene rings is 1. The predicted octanol–water partition coefficient (Wildman–Crippen LogP) is 4.17. The lowest BCUT2D eigenvalue weighted by Crippen LogP contribution is -2.51. The zero-order chi connectivity index (χ0) is 19.9. The second-order valence-corrected chi connectivity index (χ2v) is 8.57. The van der Waals surface area contributed by atoms with Crippen molar-refractivity contribution >= 4 is 46.5 Å². The number of rotatable bonds is 7. The molecule has 0 aromatic heterocycles. The van der Waals surface area contributed by atoms with E-state index in [0.717, 1.165) is 22.3 Å². The molecule has 3 rings (SSSR count). The zero-order valence-electron chi connectivity index (χ0n) is 15.8. The Labute approximate surface area is 178 Å². The van der Waals surface area contributed by atoms with E-state index in [-0.39, 0.29) is 5.57 Å². The molecule has 7 heteroatoms. The van der Waals surface area contributed by atoms with Gasteiger partial charge in [0, 0.05) is 9.13 Å². The van der Waals surface area contributed by atoms with Gasteiger partial charge in [0.15, 0.2) is 0 Å². The highest BCUT2D eigenvalue weighted by Crippen LogP contribution is 2.28. The van der Waals surface area contributed by atoms with Crippen molar-refractivity contribution in [2.45, 2.75) is 51.4 Å². The number of amides is 4. The van der Waals surface area contributed by atoms with Crippen LogP contribution in [-0.2, 0) is 9.59 Å². The molecule has 1 aromatic carbocycles. The molecule has 2 fully saturated rings. The Morgan fingerprint density at radius 1 is 1.04 bits per heavy atom. The van der Waals surface area contributed by atoms with E-state index >= 15 is 0 Å². The van der Waals surface area contributed by atoms with Crippen LogP contribution in [0, 0.1) is 9.49 Å². The van der Waals surface area contributed by atoms with E-state index in [1.54, 1.807) is 0 Å². The number of halogens is 1. The molecular weight excluding hydrogens is 471 g/mol. The quantitative estimate of drug-likeness (QED) is 0.257. The summed E-state index contributed by atoms with van der Waals surface area (Å²) in [5.41, 5.74) is 0.539. The molecule has 1 heterocycles. The molecule has 0 atom stereocenters. The summed E-state index contributed by atoms with van der Waals surface area (Å²) in [4.78, 5) is 35.1. The molecule has 2 N–H and O–H groups in total. The van der Waals surface area contributed by atoms with Gasteiger partial charge in [-0.2, -0.15) is 0 Å². The number of carbonyl (C=O) groups excluding carboxylic acids is 3. The van der Waals surface area contributed by atoms with Gasteiger partial charge in [0.05, 0.1) is 6.61 Å². The summed E-state index contributed by atoms with van der Waals surface area (Å²) in [7, 11) is 0. The molecule has 0 radical (unpaired) electrons. The van der Waals surface area contributed by atoms with Gasteiger partial charge >= 0.3 is 6.03 Å². The van der Waals surface area contributed by atoms with Gasteiger partial charge in [0.1, 0.15) is 11.3 Å². The summed E-state index contributed by atoms with van der Waals surface area (Å²) in [6.45, 7) is 0.598. The van der Waals surface area contributed by atoms with Crippen LogP contribution in [0.3, 0.4) is 0 Å². The number of carbonyl (C=O) groups is 3. The van der Waals surface area contributed by atoms with Gasteiger partial charge in [0.2, 0.25) is 0 Å². The minimum absolute atomic E-state index is 0.108. The highest BCUT2D eigenvalue weighted by Gasteiger charge is 2.28. The van der Waals surface area contributed by atoms with E-state index < -0.39 is 17.8 Å². The zero-order valence-corrected chi connectivity index (χ0v) is 17.9. The molecule has 1 aromatic rings. The molecular formula is C21H25IN2O4. The summed E-state index contributed by atoms with van der Waals surface area (Å²) in [6, 6.07) is 4.81. The maximum atomic E-state index is 12.0. The fraction of sp³-hybridized carbons (Fsp3) is 0.476. The highest BCUT2D eigenvalue weighted by molar-refractivity contribution is 14.1. The van der Waals surface area contributed by atoms with Crippen molar-refractivity contribution in [2.75, 3.05) is 6.61 Å². The highest BCUT2D eigenvalue weighted by atomic mass is 127. The van der Waals surface area contributed by atoms with E-state index in [4.69, 9.17) is 4.74 Å². The Balaban J connectivity index is 1.59. The average Bonchev–Trinajstić information content (AvgIpc) is 2.66. The van der Waals surface area contributed by atoms with Gasteiger partial charge in [-0.25, -0.2) is 4.79 Å². The topological polar surface area (TPSA) is 84.5 Å². The SMILES string of the molecule is O=C1NC(=O)C(=Cc2cc(I)ccc2OCCCCC2CCCCC2)C(=O)N1.